The van der Waals surface area contributed by atoms with E-state index in [-0.39, 0.29) is 23.9 Å². The molecule has 0 amide bonds. The molecular weight excluding hydrogens is 406 g/mol. The van der Waals surface area contributed by atoms with Crippen molar-refractivity contribution in [2.75, 3.05) is 33.9 Å². The number of nitrogens with zero attached hydrogens (tertiary/aromatic N) is 1. The third kappa shape index (κ3) is 10.5. The summed E-state index contributed by atoms with van der Waals surface area (Å²) in [4.78, 5) is 0. The van der Waals surface area contributed by atoms with E-state index in [4.69, 9.17) is 9.47 Å². The van der Waals surface area contributed by atoms with Crippen LogP contribution in [0.15, 0.2) is 60.7 Å². The first kappa shape index (κ1) is 27.5. The van der Waals surface area contributed by atoms with E-state index in [1.54, 1.807) is 0 Å². The lowest BCUT2D eigenvalue weighted by Crippen LogP contribution is -3.00. The Kier molecular flexibility index (Phi) is 12.2. The summed E-state index contributed by atoms with van der Waals surface area (Å²) in [5, 5.41) is 0. The van der Waals surface area contributed by atoms with Crippen LogP contribution in [0, 0.1) is 5.41 Å². The molecule has 0 bridgehead atoms. The molecule has 2 aromatic rings. The summed E-state index contributed by atoms with van der Waals surface area (Å²) in [5.41, 5.74) is 1.43. The predicted octanol–water partition coefficient (Wildman–Crippen LogP) is 3.34. The molecule has 0 fully saturated rings. The molecule has 0 aliphatic rings. The van der Waals surface area contributed by atoms with Gasteiger partial charge in [0.2, 0.25) is 0 Å². The van der Waals surface area contributed by atoms with Gasteiger partial charge in [-0.3, -0.25) is 0 Å². The number of hydrogen-bond donors (Lipinski definition) is 0. The second kappa shape index (κ2) is 13.8. The summed E-state index contributed by atoms with van der Waals surface area (Å²) in [6, 6.07) is 20.8. The lowest BCUT2D eigenvalue weighted by Gasteiger charge is -2.35. The molecule has 0 saturated heterocycles. The minimum Gasteiger partial charge on any atom is -1.00 e. The maximum Gasteiger partial charge on any atom is 0.127 e. The smallest absolute Gasteiger partial charge is 0.127 e. The molecular formula is C27H42ClNO2. The van der Waals surface area contributed by atoms with E-state index < -0.39 is 0 Å². The van der Waals surface area contributed by atoms with E-state index in [0.29, 0.717) is 6.61 Å². The average Bonchev–Trinajstić information content (AvgIpc) is 2.71. The molecule has 0 radical (unpaired) electrons. The van der Waals surface area contributed by atoms with Gasteiger partial charge in [-0.2, -0.15) is 0 Å². The molecule has 31 heavy (non-hydrogen) atoms. The van der Waals surface area contributed by atoms with Crippen LogP contribution >= 0.6 is 0 Å². The van der Waals surface area contributed by atoms with Gasteiger partial charge >= 0.3 is 0 Å². The van der Waals surface area contributed by atoms with E-state index in [1.807, 2.05) is 30.3 Å². The van der Waals surface area contributed by atoms with Crippen LogP contribution in [0.4, 0.5) is 0 Å². The molecule has 0 heterocycles. The van der Waals surface area contributed by atoms with Gasteiger partial charge in [0.15, 0.2) is 0 Å². The molecule has 1 unspecified atom stereocenters. The molecule has 4 heteroatoms. The zero-order chi connectivity index (χ0) is 21.9. The average molecular weight is 448 g/mol. The first-order valence-corrected chi connectivity index (χ1v) is 11.5. The minimum atomic E-state index is 0. The Balaban J connectivity index is 0.00000480. The number of ether oxygens (including phenoxy) is 2. The van der Waals surface area contributed by atoms with Crippen molar-refractivity contribution in [1.82, 2.24) is 0 Å². The van der Waals surface area contributed by atoms with E-state index in [9.17, 15) is 0 Å². The first-order chi connectivity index (χ1) is 14.3. The monoisotopic (exact) mass is 447 g/mol. The minimum absolute atomic E-state index is 0. The Morgan fingerprint density at radius 2 is 1.52 bits per heavy atom. The molecule has 0 aliphatic heterocycles. The molecule has 0 aliphatic carbocycles. The zero-order valence-electron chi connectivity index (χ0n) is 20.1. The summed E-state index contributed by atoms with van der Waals surface area (Å²) in [6.45, 7) is 10.2. The second-order valence-electron chi connectivity index (χ2n) is 9.74. The van der Waals surface area contributed by atoms with Crippen LogP contribution < -0.4 is 17.1 Å². The fraction of sp³-hybridized carbons (Fsp3) is 0.556. The highest BCUT2D eigenvalue weighted by Gasteiger charge is 2.31. The van der Waals surface area contributed by atoms with Crippen molar-refractivity contribution in [3.05, 3.63) is 66.2 Å². The van der Waals surface area contributed by atoms with Crippen molar-refractivity contribution < 1.29 is 26.4 Å². The van der Waals surface area contributed by atoms with Crippen LogP contribution in [-0.4, -0.2) is 44.4 Å². The van der Waals surface area contributed by atoms with Gasteiger partial charge in [0.1, 0.15) is 24.9 Å². The highest BCUT2D eigenvalue weighted by molar-refractivity contribution is 5.21. The van der Waals surface area contributed by atoms with Crippen molar-refractivity contribution in [3.8, 4) is 5.75 Å². The SMILES string of the molecule is CCCCCC(C)(C)C(COCC[N+](C)(C)Cc1ccccc1)Oc1ccccc1.[Cl-]. The normalized spacial score (nSPS) is 12.8. The Morgan fingerprint density at radius 1 is 0.903 bits per heavy atom. The van der Waals surface area contributed by atoms with Crippen LogP contribution in [0.5, 0.6) is 5.75 Å². The Labute approximate surface area is 196 Å². The van der Waals surface area contributed by atoms with Crippen molar-refractivity contribution in [2.45, 2.75) is 59.1 Å². The molecule has 0 spiro atoms. The fourth-order valence-corrected chi connectivity index (χ4v) is 3.73. The Morgan fingerprint density at radius 3 is 2.13 bits per heavy atom. The van der Waals surface area contributed by atoms with Crippen LogP contribution in [0.3, 0.4) is 0 Å². The molecule has 174 valence electrons. The standard InChI is InChI=1S/C27H42NO2.ClH/c1-6-7-14-19-27(2,3)26(30-25-17-12-9-13-18-25)23-29-21-20-28(4,5)22-24-15-10-8-11-16-24;/h8-13,15-18,26H,6-7,14,19-23H2,1-5H3;1H/q+1;/p-1. The number of quaternary nitrogens is 1. The quantitative estimate of drug-likeness (QED) is 0.326. The summed E-state index contributed by atoms with van der Waals surface area (Å²) < 4.78 is 13.5. The zero-order valence-corrected chi connectivity index (χ0v) is 20.9. The Bertz CT molecular complexity index is 704. The molecule has 2 rings (SSSR count). The molecule has 3 nitrogen and oxygen atoms in total. The summed E-state index contributed by atoms with van der Waals surface area (Å²) in [7, 11) is 4.53. The lowest BCUT2D eigenvalue weighted by atomic mass is 9.81. The van der Waals surface area contributed by atoms with E-state index >= 15 is 0 Å². The van der Waals surface area contributed by atoms with Gasteiger partial charge in [-0.15, -0.1) is 0 Å². The number of likely N-dealkylation sites (N-methyl/N-ethyl adjacent to an activating group) is 1. The molecule has 0 N–H and O–H groups in total. The number of unbranched alkanes of at least 4 members (excludes halogenated alkanes) is 2. The third-order valence-electron chi connectivity index (χ3n) is 5.88. The largest absolute Gasteiger partial charge is 1.00 e. The number of benzene rings is 2. The van der Waals surface area contributed by atoms with E-state index in [1.165, 1.54) is 24.8 Å². The number of hydrogen-bond acceptors (Lipinski definition) is 2. The first-order valence-electron chi connectivity index (χ1n) is 11.5. The second-order valence-corrected chi connectivity index (χ2v) is 9.74. The summed E-state index contributed by atoms with van der Waals surface area (Å²) in [6.07, 6.45) is 4.94. The van der Waals surface area contributed by atoms with Crippen LogP contribution in [0.2, 0.25) is 0 Å². The summed E-state index contributed by atoms with van der Waals surface area (Å²) in [5.74, 6) is 0.926. The molecule has 0 aromatic heterocycles. The highest BCUT2D eigenvalue weighted by Crippen LogP contribution is 2.31. The lowest BCUT2D eigenvalue weighted by molar-refractivity contribution is -0.904. The van der Waals surface area contributed by atoms with Gasteiger partial charge in [-0.25, -0.2) is 0 Å². The van der Waals surface area contributed by atoms with Gasteiger partial charge < -0.3 is 26.4 Å². The van der Waals surface area contributed by atoms with Crippen LogP contribution in [-0.2, 0) is 11.3 Å². The van der Waals surface area contributed by atoms with E-state index in [2.05, 4.69) is 65.2 Å². The van der Waals surface area contributed by atoms with Gasteiger partial charge in [0, 0.05) is 11.0 Å². The van der Waals surface area contributed by atoms with Gasteiger partial charge in [-0.05, 0) is 18.6 Å². The summed E-state index contributed by atoms with van der Waals surface area (Å²) >= 11 is 0. The van der Waals surface area contributed by atoms with Crippen molar-refractivity contribution in [2.24, 2.45) is 5.41 Å². The van der Waals surface area contributed by atoms with E-state index in [0.717, 1.165) is 36.3 Å². The van der Waals surface area contributed by atoms with Gasteiger partial charge in [-0.1, -0.05) is 88.6 Å². The number of para-hydroxylation sites is 1. The van der Waals surface area contributed by atoms with Crippen molar-refractivity contribution in [1.29, 1.82) is 0 Å². The predicted molar refractivity (Wildman–Crippen MR) is 127 cm³/mol. The highest BCUT2D eigenvalue weighted by atomic mass is 35.5. The maximum atomic E-state index is 6.41. The number of rotatable bonds is 14. The van der Waals surface area contributed by atoms with Crippen molar-refractivity contribution in [3.63, 3.8) is 0 Å². The third-order valence-corrected chi connectivity index (χ3v) is 5.88. The Hall–Kier alpha value is -1.55. The van der Waals surface area contributed by atoms with Gasteiger partial charge in [0.25, 0.3) is 0 Å². The topological polar surface area (TPSA) is 18.5 Å². The maximum absolute atomic E-state index is 6.41. The molecule has 0 saturated carbocycles. The van der Waals surface area contributed by atoms with Crippen LogP contribution in [0.1, 0.15) is 52.0 Å². The molecule has 1 atom stereocenters. The molecule has 2 aromatic carbocycles. The number of halogens is 1. The van der Waals surface area contributed by atoms with Gasteiger partial charge in [0.05, 0.1) is 27.3 Å². The van der Waals surface area contributed by atoms with Crippen LogP contribution in [0.25, 0.3) is 0 Å². The van der Waals surface area contributed by atoms with Crippen molar-refractivity contribution >= 4 is 0 Å². The fourth-order valence-electron chi connectivity index (χ4n) is 3.73.